The van der Waals surface area contributed by atoms with Crippen LogP contribution in [0, 0.1) is 5.41 Å². The average Bonchev–Trinajstić information content (AvgIpc) is 2.69. The zero-order valence-electron chi connectivity index (χ0n) is 14.8. The number of hydrogen-bond donors (Lipinski definition) is 3. The molecule has 26 heavy (non-hydrogen) atoms. The van der Waals surface area contributed by atoms with Crippen LogP contribution in [0.1, 0.15) is 38.3 Å². The number of aromatic hydroxyl groups is 1. The standard InChI is InChI=1S/C20H22ClN3O2/c1-20(2)8-15-18(17(26)9-20)19(12-4-3-11(25)7-13(12)21)24-14-5-6-22-10-16(14)23-15/h3-7,10,14,16,19,23-25H,8-9H2,1-2H3. The lowest BCUT2D eigenvalue weighted by atomic mass is 9.73. The van der Waals surface area contributed by atoms with Gasteiger partial charge in [-0.15, -0.1) is 0 Å². The van der Waals surface area contributed by atoms with Crippen LogP contribution in [0.3, 0.4) is 0 Å². The number of Topliss-reactive ketones (excluding diaryl/α,β-unsaturated/α-hetero) is 1. The monoisotopic (exact) mass is 371 g/mol. The van der Waals surface area contributed by atoms with E-state index in [-0.39, 0.29) is 35.1 Å². The summed E-state index contributed by atoms with van der Waals surface area (Å²) in [7, 11) is 0. The summed E-state index contributed by atoms with van der Waals surface area (Å²) in [6.45, 7) is 4.23. The molecule has 1 aromatic rings. The number of nitrogens with zero attached hydrogens (tertiary/aromatic N) is 1. The smallest absolute Gasteiger partial charge is 0.163 e. The molecule has 5 nitrogen and oxygen atoms in total. The van der Waals surface area contributed by atoms with Crippen LogP contribution in [-0.4, -0.2) is 29.2 Å². The van der Waals surface area contributed by atoms with Gasteiger partial charge in [-0.3, -0.25) is 15.1 Å². The number of halogens is 1. The van der Waals surface area contributed by atoms with Crippen molar-refractivity contribution in [3.05, 3.63) is 52.3 Å². The second-order valence-electron chi connectivity index (χ2n) is 7.97. The van der Waals surface area contributed by atoms with Crippen molar-refractivity contribution in [1.29, 1.82) is 0 Å². The fourth-order valence-corrected chi connectivity index (χ4v) is 4.34. The normalized spacial score (nSPS) is 29.7. The lowest BCUT2D eigenvalue weighted by molar-refractivity contribution is -0.118. The van der Waals surface area contributed by atoms with E-state index in [9.17, 15) is 9.90 Å². The number of allylic oxidation sites excluding steroid dienone is 1. The number of benzene rings is 1. The van der Waals surface area contributed by atoms with Crippen LogP contribution in [0.15, 0.2) is 46.7 Å². The predicted molar refractivity (Wildman–Crippen MR) is 102 cm³/mol. The molecule has 1 aromatic carbocycles. The Kier molecular flexibility index (Phi) is 4.16. The molecule has 3 unspecified atom stereocenters. The van der Waals surface area contributed by atoms with Crippen molar-refractivity contribution in [1.82, 2.24) is 10.6 Å². The summed E-state index contributed by atoms with van der Waals surface area (Å²) in [5.74, 6) is 0.239. The number of phenolic OH excluding ortho intramolecular Hbond substituents is 1. The molecule has 0 bridgehead atoms. The average molecular weight is 372 g/mol. The number of aliphatic imine (C=N–C) groups is 1. The first-order valence-corrected chi connectivity index (χ1v) is 9.19. The number of ketones is 1. The van der Waals surface area contributed by atoms with Crippen LogP contribution in [-0.2, 0) is 4.79 Å². The first-order valence-electron chi connectivity index (χ1n) is 8.81. The highest BCUT2D eigenvalue weighted by molar-refractivity contribution is 6.31. The maximum atomic E-state index is 13.1. The Morgan fingerprint density at radius 2 is 2.08 bits per heavy atom. The van der Waals surface area contributed by atoms with Crippen molar-refractivity contribution in [2.45, 2.75) is 44.8 Å². The summed E-state index contributed by atoms with van der Waals surface area (Å²) in [5.41, 5.74) is 2.41. The van der Waals surface area contributed by atoms with E-state index < -0.39 is 0 Å². The SMILES string of the molecule is CC1(C)CC(=O)C2=C(C1)NC1C=NC=CC1NC2c1ccc(O)cc1Cl. The van der Waals surface area contributed by atoms with Gasteiger partial charge in [0.05, 0.1) is 18.1 Å². The molecule has 0 saturated carbocycles. The third kappa shape index (κ3) is 3.06. The number of nitrogens with one attached hydrogen (secondary N) is 2. The van der Waals surface area contributed by atoms with Gasteiger partial charge in [-0.05, 0) is 35.6 Å². The Morgan fingerprint density at radius 1 is 1.27 bits per heavy atom. The van der Waals surface area contributed by atoms with E-state index in [0.717, 1.165) is 23.3 Å². The Bertz CT molecular complexity index is 857. The third-order valence-corrected chi connectivity index (χ3v) is 5.54. The van der Waals surface area contributed by atoms with Gasteiger partial charge in [0, 0.05) is 35.1 Å². The Morgan fingerprint density at radius 3 is 2.85 bits per heavy atom. The molecule has 1 aliphatic carbocycles. The van der Waals surface area contributed by atoms with E-state index in [1.54, 1.807) is 18.3 Å². The highest BCUT2D eigenvalue weighted by Gasteiger charge is 2.41. The fourth-order valence-electron chi connectivity index (χ4n) is 4.05. The number of fused-ring (bicyclic) bond motifs is 1. The van der Waals surface area contributed by atoms with Gasteiger partial charge in [0.15, 0.2) is 5.78 Å². The number of carbonyl (C=O) groups is 1. The van der Waals surface area contributed by atoms with Gasteiger partial charge in [-0.25, -0.2) is 0 Å². The predicted octanol–water partition coefficient (Wildman–Crippen LogP) is 3.26. The van der Waals surface area contributed by atoms with Crippen molar-refractivity contribution in [3.63, 3.8) is 0 Å². The minimum atomic E-state index is -0.333. The zero-order valence-corrected chi connectivity index (χ0v) is 15.5. The molecular formula is C20H22ClN3O2. The van der Waals surface area contributed by atoms with Gasteiger partial charge in [-0.1, -0.05) is 31.5 Å². The van der Waals surface area contributed by atoms with Crippen LogP contribution in [0.5, 0.6) is 5.75 Å². The molecular weight excluding hydrogens is 350 g/mol. The molecule has 0 saturated heterocycles. The van der Waals surface area contributed by atoms with Crippen molar-refractivity contribution in [3.8, 4) is 5.75 Å². The van der Waals surface area contributed by atoms with E-state index >= 15 is 0 Å². The molecule has 4 rings (SSSR count). The molecule has 0 amide bonds. The Hall–Kier alpha value is -2.11. The molecule has 3 N–H and O–H groups in total. The number of phenols is 1. The summed E-state index contributed by atoms with van der Waals surface area (Å²) in [6.07, 6.45) is 6.92. The Labute approximate surface area is 157 Å². The fraction of sp³-hybridized carbons (Fsp3) is 0.400. The van der Waals surface area contributed by atoms with Gasteiger partial charge in [-0.2, -0.15) is 0 Å². The first kappa shape index (κ1) is 17.3. The van der Waals surface area contributed by atoms with E-state index in [0.29, 0.717) is 11.4 Å². The summed E-state index contributed by atoms with van der Waals surface area (Å²) >= 11 is 6.43. The number of rotatable bonds is 1. The van der Waals surface area contributed by atoms with Crippen LogP contribution < -0.4 is 10.6 Å². The summed E-state index contributed by atoms with van der Waals surface area (Å²) < 4.78 is 0. The van der Waals surface area contributed by atoms with Gasteiger partial charge in [0.25, 0.3) is 0 Å². The maximum absolute atomic E-state index is 13.1. The number of carbonyl (C=O) groups excluding carboxylic acids is 1. The van der Waals surface area contributed by atoms with Crippen molar-refractivity contribution in [2.75, 3.05) is 0 Å². The minimum Gasteiger partial charge on any atom is -0.508 e. The van der Waals surface area contributed by atoms with Crippen LogP contribution in [0.2, 0.25) is 5.02 Å². The molecule has 3 aliphatic rings. The molecule has 6 heteroatoms. The second-order valence-corrected chi connectivity index (χ2v) is 8.38. The van der Waals surface area contributed by atoms with Gasteiger partial charge in [0.1, 0.15) is 5.75 Å². The summed E-state index contributed by atoms with van der Waals surface area (Å²) in [5, 5.41) is 17.3. The maximum Gasteiger partial charge on any atom is 0.163 e. The van der Waals surface area contributed by atoms with Crippen LogP contribution >= 0.6 is 11.6 Å². The van der Waals surface area contributed by atoms with E-state index in [1.165, 1.54) is 6.07 Å². The lowest BCUT2D eigenvalue weighted by Crippen LogP contribution is -2.47. The second kappa shape index (κ2) is 6.25. The largest absolute Gasteiger partial charge is 0.508 e. The highest BCUT2D eigenvalue weighted by atomic mass is 35.5. The third-order valence-electron chi connectivity index (χ3n) is 5.22. The minimum absolute atomic E-state index is 0.0103. The highest BCUT2D eigenvalue weighted by Crippen LogP contribution is 2.43. The molecule has 0 radical (unpaired) electrons. The molecule has 2 heterocycles. The van der Waals surface area contributed by atoms with Crippen molar-refractivity contribution < 1.29 is 9.90 Å². The summed E-state index contributed by atoms with van der Waals surface area (Å²) in [6, 6.07) is 4.54. The topological polar surface area (TPSA) is 73.7 Å². The van der Waals surface area contributed by atoms with E-state index in [1.807, 2.05) is 12.3 Å². The van der Waals surface area contributed by atoms with Crippen LogP contribution in [0.4, 0.5) is 0 Å². The quantitative estimate of drug-likeness (QED) is 0.708. The zero-order chi connectivity index (χ0) is 18.5. The van der Waals surface area contributed by atoms with Crippen molar-refractivity contribution in [2.24, 2.45) is 10.4 Å². The molecule has 2 aliphatic heterocycles. The molecule has 0 aromatic heterocycles. The molecule has 136 valence electrons. The van der Waals surface area contributed by atoms with Gasteiger partial charge < -0.3 is 10.4 Å². The first-order chi connectivity index (χ1) is 12.3. The van der Waals surface area contributed by atoms with Gasteiger partial charge >= 0.3 is 0 Å². The van der Waals surface area contributed by atoms with E-state index in [4.69, 9.17) is 11.6 Å². The van der Waals surface area contributed by atoms with Crippen molar-refractivity contribution >= 4 is 23.6 Å². The van der Waals surface area contributed by atoms with E-state index in [2.05, 4.69) is 29.5 Å². The molecule has 0 fully saturated rings. The molecule has 0 spiro atoms. The summed E-state index contributed by atoms with van der Waals surface area (Å²) in [4.78, 5) is 17.3. The van der Waals surface area contributed by atoms with Gasteiger partial charge in [0.2, 0.25) is 0 Å². The Balaban J connectivity index is 1.85. The number of hydrogen-bond acceptors (Lipinski definition) is 5. The lowest BCUT2D eigenvalue weighted by Gasteiger charge is -2.34. The van der Waals surface area contributed by atoms with Crippen LogP contribution in [0.25, 0.3) is 0 Å². The molecule has 3 atom stereocenters.